The van der Waals surface area contributed by atoms with Crippen LogP contribution in [0.2, 0.25) is 0 Å². The first-order chi connectivity index (χ1) is 9.63. The topological polar surface area (TPSA) is 61.6 Å². The van der Waals surface area contributed by atoms with Crippen LogP contribution in [0.15, 0.2) is 18.2 Å². The zero-order chi connectivity index (χ0) is 14.5. The molecule has 0 bridgehead atoms. The van der Waals surface area contributed by atoms with Crippen LogP contribution in [0.1, 0.15) is 31.2 Å². The molecule has 0 N–H and O–H groups in total. The van der Waals surface area contributed by atoms with Crippen molar-refractivity contribution in [1.82, 2.24) is 0 Å². The lowest BCUT2D eigenvalue weighted by molar-refractivity contribution is -0.386. The van der Waals surface area contributed by atoms with Crippen molar-refractivity contribution in [3.63, 3.8) is 0 Å². The third-order valence-corrected chi connectivity index (χ3v) is 4.23. The van der Waals surface area contributed by atoms with Crippen LogP contribution >= 0.6 is 15.9 Å². The van der Waals surface area contributed by atoms with Gasteiger partial charge in [-0.3, -0.25) is 10.1 Å². The van der Waals surface area contributed by atoms with Crippen molar-refractivity contribution in [2.75, 3.05) is 7.11 Å². The zero-order valence-electron chi connectivity index (χ0n) is 11.4. The van der Waals surface area contributed by atoms with Gasteiger partial charge in [-0.25, -0.2) is 0 Å². The third kappa shape index (κ3) is 3.70. The minimum atomic E-state index is -0.391. The normalized spacial score (nSPS) is 22.5. The molecule has 2 rings (SSSR count). The summed E-state index contributed by atoms with van der Waals surface area (Å²) in [4.78, 5) is 10.7. The van der Waals surface area contributed by atoms with Crippen LogP contribution in [-0.4, -0.2) is 24.2 Å². The Morgan fingerprint density at radius 1 is 1.40 bits per heavy atom. The van der Waals surface area contributed by atoms with Gasteiger partial charge in [0.2, 0.25) is 0 Å². The number of hydrogen-bond donors (Lipinski definition) is 0. The van der Waals surface area contributed by atoms with Crippen LogP contribution < -0.4 is 4.74 Å². The van der Waals surface area contributed by atoms with Gasteiger partial charge in [-0.1, -0.05) is 22.0 Å². The van der Waals surface area contributed by atoms with Crippen LogP contribution in [0.3, 0.4) is 0 Å². The fraction of sp³-hybridized carbons (Fsp3) is 0.571. The van der Waals surface area contributed by atoms with Crippen molar-refractivity contribution in [2.24, 2.45) is 0 Å². The highest BCUT2D eigenvalue weighted by molar-refractivity contribution is 9.08. The first kappa shape index (κ1) is 15.3. The van der Waals surface area contributed by atoms with E-state index in [-0.39, 0.29) is 17.9 Å². The van der Waals surface area contributed by atoms with E-state index in [9.17, 15) is 10.1 Å². The Morgan fingerprint density at radius 3 is 2.80 bits per heavy atom. The van der Waals surface area contributed by atoms with Gasteiger partial charge in [-0.15, -0.1) is 0 Å². The maximum absolute atomic E-state index is 11.1. The lowest BCUT2D eigenvalue weighted by Crippen LogP contribution is -2.29. The summed E-state index contributed by atoms with van der Waals surface area (Å²) in [5, 5.41) is 11.7. The molecule has 1 fully saturated rings. The Bertz CT molecular complexity index is 480. The van der Waals surface area contributed by atoms with Gasteiger partial charge >= 0.3 is 5.69 Å². The van der Waals surface area contributed by atoms with Gasteiger partial charge in [-0.2, -0.15) is 0 Å². The van der Waals surface area contributed by atoms with E-state index >= 15 is 0 Å². The summed E-state index contributed by atoms with van der Waals surface area (Å²) in [5.74, 6) is 0.349. The van der Waals surface area contributed by atoms with Crippen molar-refractivity contribution in [2.45, 2.75) is 43.2 Å². The van der Waals surface area contributed by atoms with E-state index in [1.807, 2.05) is 6.07 Å². The van der Waals surface area contributed by atoms with E-state index in [2.05, 4.69) is 15.9 Å². The zero-order valence-corrected chi connectivity index (χ0v) is 13.0. The molecule has 2 unspecified atom stereocenters. The molecule has 0 aromatic heterocycles. The first-order valence-electron chi connectivity index (χ1n) is 6.66. The molecular formula is C14H18BrNO4. The molecule has 1 aromatic carbocycles. The van der Waals surface area contributed by atoms with Gasteiger partial charge in [0, 0.05) is 24.9 Å². The fourth-order valence-corrected chi connectivity index (χ4v) is 2.84. The van der Waals surface area contributed by atoms with E-state index in [1.165, 1.54) is 0 Å². The van der Waals surface area contributed by atoms with Crippen molar-refractivity contribution >= 4 is 21.6 Å². The van der Waals surface area contributed by atoms with Gasteiger partial charge in [0.05, 0.1) is 11.0 Å². The number of hydrogen-bond acceptors (Lipinski definition) is 4. The molecule has 1 saturated carbocycles. The number of nitrogens with zero attached hydrogens (tertiary/aromatic N) is 1. The maximum Gasteiger partial charge on any atom is 0.311 e. The molecule has 0 heterocycles. The third-order valence-electron chi connectivity index (χ3n) is 3.58. The summed E-state index contributed by atoms with van der Waals surface area (Å²) in [6.45, 7) is 0. The van der Waals surface area contributed by atoms with Crippen molar-refractivity contribution in [3.8, 4) is 5.75 Å². The number of nitro groups is 1. The highest BCUT2D eigenvalue weighted by atomic mass is 79.9. The summed E-state index contributed by atoms with van der Waals surface area (Å²) in [6.07, 6.45) is 3.93. The van der Waals surface area contributed by atoms with Crippen molar-refractivity contribution in [1.29, 1.82) is 0 Å². The molecule has 1 aromatic rings. The average molecular weight is 344 g/mol. The average Bonchev–Trinajstić information content (AvgIpc) is 2.47. The highest BCUT2D eigenvalue weighted by Gasteiger charge is 2.25. The standard InChI is InChI=1S/C14H18BrNO4/c1-19-11-3-2-4-12(8-11)20-14-6-5-10(9-15)7-13(14)16(17)18/h5-7,11-12H,2-4,8-9H2,1H3. The minimum Gasteiger partial charge on any atom is -0.483 e. The number of nitro benzene ring substituents is 1. The summed E-state index contributed by atoms with van der Waals surface area (Å²) in [6, 6.07) is 5.08. The van der Waals surface area contributed by atoms with Crippen LogP contribution in [0, 0.1) is 10.1 Å². The van der Waals surface area contributed by atoms with E-state index in [4.69, 9.17) is 9.47 Å². The van der Waals surface area contributed by atoms with Crippen LogP contribution in [0.25, 0.3) is 0 Å². The van der Waals surface area contributed by atoms with E-state index in [0.29, 0.717) is 11.1 Å². The molecule has 0 radical (unpaired) electrons. The summed E-state index contributed by atoms with van der Waals surface area (Å²) < 4.78 is 11.2. The molecule has 0 aliphatic heterocycles. The second kappa shape index (κ2) is 7.04. The van der Waals surface area contributed by atoms with Gasteiger partial charge in [0.1, 0.15) is 6.10 Å². The van der Waals surface area contributed by atoms with Gasteiger partial charge in [0.25, 0.3) is 0 Å². The molecule has 0 saturated heterocycles. The summed E-state index contributed by atoms with van der Waals surface area (Å²) in [7, 11) is 1.69. The molecule has 2 atom stereocenters. The Morgan fingerprint density at radius 2 is 2.15 bits per heavy atom. The molecular weight excluding hydrogens is 326 g/mol. The predicted octanol–water partition coefficient (Wildman–Crippen LogP) is 3.83. The number of methoxy groups -OCH3 is 1. The van der Waals surface area contributed by atoms with Gasteiger partial charge in [-0.05, 0) is 30.9 Å². The largest absolute Gasteiger partial charge is 0.483 e. The molecule has 0 spiro atoms. The number of benzene rings is 1. The second-order valence-corrected chi connectivity index (χ2v) is 5.52. The second-order valence-electron chi connectivity index (χ2n) is 4.96. The number of rotatable bonds is 5. The number of halogens is 1. The lowest BCUT2D eigenvalue weighted by atomic mass is 9.95. The molecule has 5 nitrogen and oxygen atoms in total. The number of ether oxygens (including phenoxy) is 2. The van der Waals surface area contributed by atoms with Crippen molar-refractivity contribution in [3.05, 3.63) is 33.9 Å². The molecule has 0 amide bonds. The van der Waals surface area contributed by atoms with Crippen LogP contribution in [-0.2, 0) is 10.1 Å². The first-order valence-corrected chi connectivity index (χ1v) is 7.79. The number of alkyl halides is 1. The Balaban J connectivity index is 2.14. The summed E-state index contributed by atoms with van der Waals surface area (Å²) >= 11 is 3.30. The molecule has 1 aliphatic rings. The molecule has 6 heteroatoms. The smallest absolute Gasteiger partial charge is 0.311 e. The lowest BCUT2D eigenvalue weighted by Gasteiger charge is -2.28. The van der Waals surface area contributed by atoms with E-state index in [1.54, 1.807) is 19.2 Å². The monoisotopic (exact) mass is 343 g/mol. The minimum absolute atomic E-state index is 0.0118. The maximum atomic E-state index is 11.1. The van der Waals surface area contributed by atoms with Crippen LogP contribution in [0.4, 0.5) is 5.69 Å². The van der Waals surface area contributed by atoms with Crippen molar-refractivity contribution < 1.29 is 14.4 Å². The van der Waals surface area contributed by atoms with E-state index in [0.717, 1.165) is 31.2 Å². The molecule has 110 valence electrons. The quantitative estimate of drug-likeness (QED) is 0.463. The van der Waals surface area contributed by atoms with Gasteiger partial charge in [0.15, 0.2) is 5.75 Å². The Hall–Kier alpha value is -1.14. The summed E-state index contributed by atoms with van der Waals surface area (Å²) in [5.41, 5.74) is 0.893. The fourth-order valence-electron chi connectivity index (χ4n) is 2.49. The van der Waals surface area contributed by atoms with Gasteiger partial charge < -0.3 is 9.47 Å². The molecule has 20 heavy (non-hydrogen) atoms. The SMILES string of the molecule is COC1CCCC(Oc2ccc(CBr)cc2[N+](=O)[O-])C1. The predicted molar refractivity (Wildman–Crippen MR) is 79.4 cm³/mol. The van der Waals surface area contributed by atoms with E-state index < -0.39 is 4.92 Å². The Labute approximate surface area is 126 Å². The molecule has 1 aliphatic carbocycles. The van der Waals surface area contributed by atoms with Crippen LogP contribution in [0.5, 0.6) is 5.75 Å². The highest BCUT2D eigenvalue weighted by Crippen LogP contribution is 2.32. The Kier molecular flexibility index (Phi) is 5.37.